The molecule has 0 bridgehead atoms. The number of carboxylic acid groups (broad SMARTS) is 1. The Balaban J connectivity index is 2.20. The van der Waals surface area contributed by atoms with Crippen LogP contribution in [0.25, 0.3) is 16.9 Å². The molecular weight excluding hydrogens is 330 g/mol. The zero-order valence-electron chi connectivity index (χ0n) is 14.8. The molecule has 5 nitrogen and oxygen atoms in total. The zero-order chi connectivity index (χ0) is 18.5. The van der Waals surface area contributed by atoms with E-state index in [-0.39, 0.29) is 6.42 Å². The number of ether oxygens (including phenoxy) is 2. The van der Waals surface area contributed by atoms with Crippen molar-refractivity contribution in [1.82, 2.24) is 4.57 Å². The van der Waals surface area contributed by atoms with Gasteiger partial charge in [0, 0.05) is 11.8 Å². The Morgan fingerprint density at radius 3 is 2.42 bits per heavy atom. The van der Waals surface area contributed by atoms with E-state index in [0.717, 1.165) is 22.6 Å². The molecule has 0 saturated carbocycles. The molecule has 2 aromatic carbocycles. The van der Waals surface area contributed by atoms with Gasteiger partial charge in [-0.05, 0) is 36.2 Å². The molecule has 0 amide bonds. The summed E-state index contributed by atoms with van der Waals surface area (Å²) in [5.74, 6) is 0.574. The lowest BCUT2D eigenvalue weighted by Gasteiger charge is -2.18. The molecule has 0 fully saturated rings. The molecule has 5 heteroatoms. The maximum atomic E-state index is 11.1. The van der Waals surface area contributed by atoms with Crippen LogP contribution in [0.15, 0.2) is 60.7 Å². The van der Waals surface area contributed by atoms with Gasteiger partial charge < -0.3 is 19.1 Å². The molecule has 1 aromatic heterocycles. The van der Waals surface area contributed by atoms with E-state index in [1.54, 1.807) is 14.2 Å². The van der Waals surface area contributed by atoms with Crippen molar-refractivity contribution in [1.29, 1.82) is 0 Å². The fourth-order valence-corrected chi connectivity index (χ4v) is 3.00. The maximum Gasteiger partial charge on any atom is 0.303 e. The number of aromatic nitrogens is 1. The second kappa shape index (κ2) is 7.78. The average molecular weight is 351 g/mol. The van der Waals surface area contributed by atoms with Crippen molar-refractivity contribution < 1.29 is 19.4 Å². The molecule has 0 aliphatic rings. The number of methoxy groups -OCH3 is 2. The standard InChI is InChI=1S/C21H21NO4/c1-25-17-10-12-20(26-2)19(14-17)22-16(9-13-21(23)24)8-11-18(22)15-6-4-3-5-7-15/h3-8,10-12,14H,9,13H2,1-2H3,(H,23,24). The second-order valence-corrected chi connectivity index (χ2v) is 5.84. The first-order valence-corrected chi connectivity index (χ1v) is 8.34. The van der Waals surface area contributed by atoms with Crippen LogP contribution in [0.3, 0.4) is 0 Å². The zero-order valence-corrected chi connectivity index (χ0v) is 14.8. The van der Waals surface area contributed by atoms with Gasteiger partial charge in [-0.3, -0.25) is 4.79 Å². The summed E-state index contributed by atoms with van der Waals surface area (Å²) in [4.78, 5) is 11.1. The van der Waals surface area contributed by atoms with Gasteiger partial charge in [0.1, 0.15) is 11.5 Å². The highest BCUT2D eigenvalue weighted by Crippen LogP contribution is 2.34. The smallest absolute Gasteiger partial charge is 0.303 e. The first kappa shape index (κ1) is 17.6. The lowest BCUT2D eigenvalue weighted by molar-refractivity contribution is -0.136. The summed E-state index contributed by atoms with van der Waals surface area (Å²) in [6.45, 7) is 0. The van der Waals surface area contributed by atoms with E-state index < -0.39 is 5.97 Å². The normalized spacial score (nSPS) is 10.5. The predicted octanol–water partition coefficient (Wildman–Crippen LogP) is 4.18. The van der Waals surface area contributed by atoms with Crippen LogP contribution in [0.4, 0.5) is 0 Å². The number of benzene rings is 2. The SMILES string of the molecule is COc1ccc(OC)c(-n2c(CCC(=O)O)ccc2-c2ccccc2)c1. The number of nitrogens with zero attached hydrogens (tertiary/aromatic N) is 1. The van der Waals surface area contributed by atoms with Crippen molar-refractivity contribution >= 4 is 5.97 Å². The van der Waals surface area contributed by atoms with E-state index in [2.05, 4.69) is 0 Å². The monoisotopic (exact) mass is 351 g/mol. The third-order valence-electron chi connectivity index (χ3n) is 4.25. The van der Waals surface area contributed by atoms with Crippen molar-refractivity contribution in [2.24, 2.45) is 0 Å². The molecule has 0 aliphatic carbocycles. The Kier molecular flexibility index (Phi) is 5.27. The quantitative estimate of drug-likeness (QED) is 0.694. The van der Waals surface area contributed by atoms with Crippen molar-refractivity contribution in [2.45, 2.75) is 12.8 Å². The summed E-state index contributed by atoms with van der Waals surface area (Å²) in [5, 5.41) is 9.09. The number of carboxylic acids is 1. The first-order chi connectivity index (χ1) is 12.6. The van der Waals surface area contributed by atoms with Crippen molar-refractivity contribution in [2.75, 3.05) is 14.2 Å². The topological polar surface area (TPSA) is 60.7 Å². The summed E-state index contributed by atoms with van der Waals surface area (Å²) < 4.78 is 13.0. The van der Waals surface area contributed by atoms with Gasteiger partial charge in [-0.15, -0.1) is 0 Å². The molecule has 3 aromatic rings. The molecule has 0 spiro atoms. The van der Waals surface area contributed by atoms with Crippen LogP contribution in [-0.2, 0) is 11.2 Å². The molecule has 0 atom stereocenters. The first-order valence-electron chi connectivity index (χ1n) is 8.34. The van der Waals surface area contributed by atoms with E-state index in [9.17, 15) is 4.79 Å². The number of aliphatic carboxylic acids is 1. The Labute approximate surface area is 152 Å². The molecule has 0 radical (unpaired) electrons. The average Bonchev–Trinajstić information content (AvgIpc) is 3.10. The van der Waals surface area contributed by atoms with Gasteiger partial charge in [0.15, 0.2) is 0 Å². The van der Waals surface area contributed by atoms with Crippen LogP contribution in [0.1, 0.15) is 12.1 Å². The molecule has 134 valence electrons. The lowest BCUT2D eigenvalue weighted by Crippen LogP contribution is -2.07. The van der Waals surface area contributed by atoms with Gasteiger partial charge >= 0.3 is 5.97 Å². The van der Waals surface area contributed by atoms with Crippen LogP contribution in [-0.4, -0.2) is 29.9 Å². The third-order valence-corrected chi connectivity index (χ3v) is 4.25. The van der Waals surface area contributed by atoms with Gasteiger partial charge in [0.25, 0.3) is 0 Å². The van der Waals surface area contributed by atoms with Gasteiger partial charge in [-0.1, -0.05) is 30.3 Å². The highest BCUT2D eigenvalue weighted by Gasteiger charge is 2.17. The van der Waals surface area contributed by atoms with E-state index in [1.807, 2.05) is 65.2 Å². The number of aryl methyl sites for hydroxylation is 1. The van der Waals surface area contributed by atoms with Gasteiger partial charge in [0.2, 0.25) is 0 Å². The van der Waals surface area contributed by atoms with Crippen LogP contribution < -0.4 is 9.47 Å². The summed E-state index contributed by atoms with van der Waals surface area (Å²) in [7, 11) is 3.23. The Bertz CT molecular complexity index is 900. The second-order valence-electron chi connectivity index (χ2n) is 5.84. The maximum absolute atomic E-state index is 11.1. The van der Waals surface area contributed by atoms with Crippen LogP contribution in [0.2, 0.25) is 0 Å². The molecule has 0 unspecified atom stereocenters. The van der Waals surface area contributed by atoms with Crippen LogP contribution in [0, 0.1) is 0 Å². The lowest BCUT2D eigenvalue weighted by atomic mass is 10.1. The Morgan fingerprint density at radius 1 is 1.00 bits per heavy atom. The number of rotatable bonds is 7. The third kappa shape index (κ3) is 3.57. The van der Waals surface area contributed by atoms with Gasteiger partial charge in [-0.2, -0.15) is 0 Å². The van der Waals surface area contributed by atoms with Crippen molar-refractivity contribution in [3.05, 3.63) is 66.4 Å². The van der Waals surface area contributed by atoms with Crippen LogP contribution >= 0.6 is 0 Å². The van der Waals surface area contributed by atoms with E-state index in [0.29, 0.717) is 17.9 Å². The Morgan fingerprint density at radius 2 is 1.77 bits per heavy atom. The summed E-state index contributed by atoms with van der Waals surface area (Å²) in [6.07, 6.45) is 0.479. The molecule has 1 N–H and O–H groups in total. The minimum Gasteiger partial charge on any atom is -0.497 e. The highest BCUT2D eigenvalue weighted by atomic mass is 16.5. The number of carbonyl (C=O) groups is 1. The number of hydrogen-bond acceptors (Lipinski definition) is 3. The molecular formula is C21H21NO4. The summed E-state index contributed by atoms with van der Waals surface area (Å²) >= 11 is 0. The van der Waals surface area contributed by atoms with E-state index >= 15 is 0 Å². The molecule has 0 aliphatic heterocycles. The largest absolute Gasteiger partial charge is 0.497 e. The minimum atomic E-state index is -0.823. The fraction of sp³-hybridized carbons (Fsp3) is 0.190. The number of hydrogen-bond donors (Lipinski definition) is 1. The van der Waals surface area contributed by atoms with E-state index in [4.69, 9.17) is 14.6 Å². The molecule has 26 heavy (non-hydrogen) atoms. The molecule has 0 saturated heterocycles. The Hall–Kier alpha value is -3.21. The fourth-order valence-electron chi connectivity index (χ4n) is 3.00. The van der Waals surface area contributed by atoms with E-state index in [1.165, 1.54) is 0 Å². The highest BCUT2D eigenvalue weighted by molar-refractivity contribution is 5.69. The molecule has 3 rings (SSSR count). The summed E-state index contributed by atoms with van der Waals surface area (Å²) in [6, 6.07) is 19.5. The van der Waals surface area contributed by atoms with Crippen molar-refractivity contribution in [3.8, 4) is 28.4 Å². The van der Waals surface area contributed by atoms with Crippen molar-refractivity contribution in [3.63, 3.8) is 0 Å². The summed E-state index contributed by atoms with van der Waals surface area (Å²) in [5.41, 5.74) is 3.73. The van der Waals surface area contributed by atoms with Crippen LogP contribution in [0.5, 0.6) is 11.5 Å². The predicted molar refractivity (Wildman–Crippen MR) is 100 cm³/mol. The van der Waals surface area contributed by atoms with Gasteiger partial charge in [-0.25, -0.2) is 0 Å². The minimum absolute atomic E-state index is 0.0600. The van der Waals surface area contributed by atoms with Gasteiger partial charge in [0.05, 0.1) is 32.0 Å². The molecule has 1 heterocycles.